The Morgan fingerprint density at radius 2 is 1.27 bits per heavy atom. The quantitative estimate of drug-likeness (QED) is 0.356. The van der Waals surface area contributed by atoms with Gasteiger partial charge in [-0.2, -0.15) is 0 Å². The van der Waals surface area contributed by atoms with E-state index in [1.165, 1.54) is 44.5 Å². The zero-order chi connectivity index (χ0) is 22.8. The second kappa shape index (κ2) is 9.23. The summed E-state index contributed by atoms with van der Waals surface area (Å²) in [5.41, 5.74) is 10.3. The van der Waals surface area contributed by atoms with Crippen molar-refractivity contribution < 1.29 is 9.53 Å². The molecule has 2 atom stereocenters. The SMILES string of the molecule is CCCC1C(c2ccccc2)=Cc2cc3c(cc21)C=C(c1ccccc1)C3CC(=O)OCC. The van der Waals surface area contributed by atoms with E-state index in [0.29, 0.717) is 18.9 Å². The summed E-state index contributed by atoms with van der Waals surface area (Å²) in [6.45, 7) is 4.54. The van der Waals surface area contributed by atoms with Gasteiger partial charge in [0.2, 0.25) is 0 Å². The van der Waals surface area contributed by atoms with Crippen LogP contribution in [0.5, 0.6) is 0 Å². The zero-order valence-corrected chi connectivity index (χ0v) is 19.4. The van der Waals surface area contributed by atoms with Crippen molar-refractivity contribution >= 4 is 29.3 Å². The molecule has 3 aromatic carbocycles. The van der Waals surface area contributed by atoms with E-state index in [-0.39, 0.29) is 11.9 Å². The van der Waals surface area contributed by atoms with Gasteiger partial charge in [-0.3, -0.25) is 4.79 Å². The van der Waals surface area contributed by atoms with Gasteiger partial charge in [-0.1, -0.05) is 98.3 Å². The Morgan fingerprint density at radius 1 is 0.758 bits per heavy atom. The van der Waals surface area contributed by atoms with Gasteiger partial charge in [-0.05, 0) is 57.9 Å². The van der Waals surface area contributed by atoms with E-state index in [2.05, 4.69) is 85.8 Å². The summed E-state index contributed by atoms with van der Waals surface area (Å²) in [5.74, 6) is 0.294. The molecule has 0 heterocycles. The van der Waals surface area contributed by atoms with Crippen LogP contribution in [-0.2, 0) is 9.53 Å². The summed E-state index contributed by atoms with van der Waals surface area (Å²) >= 11 is 0. The van der Waals surface area contributed by atoms with Crippen molar-refractivity contribution in [3.05, 3.63) is 106 Å². The Labute approximate surface area is 196 Å². The number of ether oxygens (including phenoxy) is 1. The van der Waals surface area contributed by atoms with Gasteiger partial charge in [0.15, 0.2) is 0 Å². The third-order valence-corrected chi connectivity index (χ3v) is 6.88. The molecule has 0 amide bonds. The lowest BCUT2D eigenvalue weighted by atomic mass is 9.85. The van der Waals surface area contributed by atoms with Gasteiger partial charge >= 0.3 is 5.97 Å². The summed E-state index contributed by atoms with van der Waals surface area (Å²) < 4.78 is 5.34. The molecule has 0 fully saturated rings. The molecule has 166 valence electrons. The minimum Gasteiger partial charge on any atom is -0.466 e. The van der Waals surface area contributed by atoms with Crippen LogP contribution in [0.25, 0.3) is 23.3 Å². The minimum atomic E-state index is -0.137. The molecule has 2 aliphatic rings. The molecule has 0 spiro atoms. The van der Waals surface area contributed by atoms with Crippen LogP contribution < -0.4 is 0 Å². The third-order valence-electron chi connectivity index (χ3n) is 6.88. The Kier molecular flexibility index (Phi) is 6.00. The van der Waals surface area contributed by atoms with Gasteiger partial charge in [0.1, 0.15) is 0 Å². The van der Waals surface area contributed by atoms with E-state index in [4.69, 9.17) is 4.74 Å². The average Bonchev–Trinajstić information content (AvgIpc) is 3.37. The zero-order valence-electron chi connectivity index (χ0n) is 19.4. The molecule has 0 saturated heterocycles. The molecule has 2 aliphatic carbocycles. The fourth-order valence-electron chi connectivity index (χ4n) is 5.43. The van der Waals surface area contributed by atoms with Crippen molar-refractivity contribution in [1.82, 2.24) is 0 Å². The number of carbonyl (C=O) groups is 1. The maximum absolute atomic E-state index is 12.5. The first-order valence-electron chi connectivity index (χ1n) is 12.1. The number of allylic oxidation sites excluding steroid dienone is 2. The van der Waals surface area contributed by atoms with E-state index >= 15 is 0 Å². The minimum absolute atomic E-state index is 0.0190. The molecule has 0 N–H and O–H groups in total. The first-order valence-corrected chi connectivity index (χ1v) is 12.1. The Hall–Kier alpha value is -3.39. The molecule has 2 unspecified atom stereocenters. The van der Waals surface area contributed by atoms with Crippen molar-refractivity contribution in [2.24, 2.45) is 0 Å². The molecular weight excluding hydrogens is 404 g/mol. The van der Waals surface area contributed by atoms with Crippen LogP contribution >= 0.6 is 0 Å². The van der Waals surface area contributed by atoms with Gasteiger partial charge in [0.05, 0.1) is 13.0 Å². The fourth-order valence-corrected chi connectivity index (χ4v) is 5.43. The van der Waals surface area contributed by atoms with Crippen molar-refractivity contribution in [3.63, 3.8) is 0 Å². The van der Waals surface area contributed by atoms with Crippen molar-refractivity contribution in [2.45, 2.75) is 44.9 Å². The standard InChI is InChI=1S/C31H30O2/c1-3-11-25-26(21-12-7-5-8-13-21)16-23-19-29-24(18-28(23)25)17-27(22-14-9-6-10-15-22)30(29)20-31(32)33-4-2/h5-10,12-19,25,30H,3-4,11,20H2,1-2H3. The number of rotatable bonds is 7. The molecular formula is C31H30O2. The van der Waals surface area contributed by atoms with E-state index in [0.717, 1.165) is 12.8 Å². The summed E-state index contributed by atoms with van der Waals surface area (Å²) in [6.07, 6.45) is 7.30. The van der Waals surface area contributed by atoms with E-state index in [9.17, 15) is 4.79 Å². The summed E-state index contributed by atoms with van der Waals surface area (Å²) in [4.78, 5) is 12.5. The van der Waals surface area contributed by atoms with E-state index in [1.807, 2.05) is 13.0 Å². The predicted molar refractivity (Wildman–Crippen MR) is 137 cm³/mol. The van der Waals surface area contributed by atoms with Crippen LogP contribution in [0.2, 0.25) is 0 Å². The summed E-state index contributed by atoms with van der Waals surface area (Å²) in [6, 6.07) is 25.9. The van der Waals surface area contributed by atoms with Crippen LogP contribution in [0.3, 0.4) is 0 Å². The highest BCUT2D eigenvalue weighted by Gasteiger charge is 2.33. The van der Waals surface area contributed by atoms with Gasteiger partial charge in [0, 0.05) is 11.8 Å². The lowest BCUT2D eigenvalue weighted by Gasteiger charge is -2.19. The van der Waals surface area contributed by atoms with Gasteiger partial charge in [-0.15, -0.1) is 0 Å². The monoisotopic (exact) mass is 434 g/mol. The number of hydrogen-bond donors (Lipinski definition) is 0. The van der Waals surface area contributed by atoms with Crippen LogP contribution in [-0.4, -0.2) is 12.6 Å². The highest BCUT2D eigenvalue weighted by molar-refractivity contribution is 5.97. The summed E-state index contributed by atoms with van der Waals surface area (Å²) in [5, 5.41) is 0. The lowest BCUT2D eigenvalue weighted by molar-refractivity contribution is -0.143. The van der Waals surface area contributed by atoms with E-state index in [1.54, 1.807) is 0 Å². The molecule has 0 aliphatic heterocycles. The maximum atomic E-state index is 12.5. The molecule has 2 heteroatoms. The van der Waals surface area contributed by atoms with Crippen LogP contribution in [0.1, 0.15) is 78.3 Å². The second-order valence-corrected chi connectivity index (χ2v) is 8.94. The third kappa shape index (κ3) is 4.06. The highest BCUT2D eigenvalue weighted by Crippen LogP contribution is 2.50. The molecule has 0 bridgehead atoms. The number of esters is 1. The number of fused-ring (bicyclic) bond motifs is 2. The van der Waals surface area contributed by atoms with Crippen molar-refractivity contribution in [2.75, 3.05) is 6.61 Å². The molecule has 2 nitrogen and oxygen atoms in total. The molecule has 5 rings (SSSR count). The lowest BCUT2D eigenvalue weighted by Crippen LogP contribution is -2.11. The van der Waals surface area contributed by atoms with Gasteiger partial charge in [0.25, 0.3) is 0 Å². The fraction of sp³-hybridized carbons (Fsp3) is 0.258. The number of hydrogen-bond acceptors (Lipinski definition) is 2. The second-order valence-electron chi connectivity index (χ2n) is 8.94. The number of benzene rings is 3. The smallest absolute Gasteiger partial charge is 0.306 e. The predicted octanol–water partition coefficient (Wildman–Crippen LogP) is 7.72. The molecule has 0 saturated carbocycles. The first-order chi connectivity index (χ1) is 16.2. The highest BCUT2D eigenvalue weighted by atomic mass is 16.5. The van der Waals surface area contributed by atoms with Crippen LogP contribution in [0.15, 0.2) is 72.8 Å². The van der Waals surface area contributed by atoms with E-state index < -0.39 is 0 Å². The van der Waals surface area contributed by atoms with Crippen LogP contribution in [0, 0.1) is 0 Å². The van der Waals surface area contributed by atoms with Crippen molar-refractivity contribution in [3.8, 4) is 0 Å². The summed E-state index contributed by atoms with van der Waals surface area (Å²) in [7, 11) is 0. The van der Waals surface area contributed by atoms with Crippen LogP contribution in [0.4, 0.5) is 0 Å². The average molecular weight is 435 g/mol. The van der Waals surface area contributed by atoms with Gasteiger partial charge < -0.3 is 4.74 Å². The topological polar surface area (TPSA) is 26.3 Å². The normalized spacial score (nSPS) is 18.4. The molecule has 33 heavy (non-hydrogen) atoms. The Morgan fingerprint density at radius 3 is 1.79 bits per heavy atom. The largest absolute Gasteiger partial charge is 0.466 e. The molecule has 0 aromatic heterocycles. The maximum Gasteiger partial charge on any atom is 0.306 e. The Balaban J connectivity index is 1.59. The first kappa shape index (κ1) is 21.5. The number of carbonyl (C=O) groups excluding carboxylic acids is 1. The molecule has 0 radical (unpaired) electrons. The Bertz CT molecular complexity index is 1220. The van der Waals surface area contributed by atoms with Gasteiger partial charge in [-0.25, -0.2) is 0 Å². The molecule has 3 aromatic rings. The van der Waals surface area contributed by atoms with Crippen molar-refractivity contribution in [1.29, 1.82) is 0 Å².